The third-order valence-electron chi connectivity index (χ3n) is 6.41. The number of carbonyl (C=O) groups excluding carboxylic acids is 3. The zero-order valence-corrected chi connectivity index (χ0v) is 19.4. The number of ether oxygens (including phenoxy) is 1. The summed E-state index contributed by atoms with van der Waals surface area (Å²) in [6.07, 6.45) is -4.92. The van der Waals surface area contributed by atoms with E-state index in [1.807, 2.05) is 0 Å². The molecule has 2 aromatic carbocycles. The van der Waals surface area contributed by atoms with Crippen LogP contribution in [0.5, 0.6) is 0 Å². The molecule has 0 bridgehead atoms. The molecule has 3 amide bonds. The van der Waals surface area contributed by atoms with E-state index in [1.165, 1.54) is 25.2 Å². The van der Waals surface area contributed by atoms with Gasteiger partial charge < -0.3 is 15.4 Å². The predicted molar refractivity (Wildman–Crippen MR) is 119 cm³/mol. The standard InChI is InChI=1S/C24H23F3N4O4/c1-14(2)22(29,20(33)35-4)23(16-8-6-5-7-9-16)19(32)31(21(34)30(23)3)17-11-10-15(13-28)18(12-17)24(25,26)27/h5-12,14H,29H2,1-4H3. The van der Waals surface area contributed by atoms with Crippen LogP contribution >= 0.6 is 0 Å². The van der Waals surface area contributed by atoms with Crippen molar-refractivity contribution in [3.63, 3.8) is 0 Å². The molecule has 0 aliphatic carbocycles. The van der Waals surface area contributed by atoms with Crippen LogP contribution in [0.15, 0.2) is 48.5 Å². The van der Waals surface area contributed by atoms with Gasteiger partial charge in [0.15, 0.2) is 11.1 Å². The Balaban J connectivity index is 2.37. The zero-order chi connectivity index (χ0) is 26.3. The van der Waals surface area contributed by atoms with Crippen LogP contribution in [0.4, 0.5) is 23.7 Å². The minimum atomic E-state index is -4.92. The van der Waals surface area contributed by atoms with E-state index >= 15 is 0 Å². The van der Waals surface area contributed by atoms with Gasteiger partial charge in [0.1, 0.15) is 0 Å². The third kappa shape index (κ3) is 3.52. The second kappa shape index (κ2) is 8.70. The molecule has 2 atom stereocenters. The first-order valence-electron chi connectivity index (χ1n) is 10.5. The van der Waals surface area contributed by atoms with Crippen molar-refractivity contribution in [3.05, 3.63) is 65.2 Å². The third-order valence-corrected chi connectivity index (χ3v) is 6.41. The molecule has 1 aliphatic heterocycles. The lowest BCUT2D eigenvalue weighted by atomic mass is 9.65. The maximum atomic E-state index is 14.2. The molecule has 184 valence electrons. The normalized spacial score (nSPS) is 20.1. The Hall–Kier alpha value is -3.91. The molecule has 0 aromatic heterocycles. The van der Waals surface area contributed by atoms with E-state index in [-0.39, 0.29) is 5.56 Å². The molecule has 2 unspecified atom stereocenters. The summed E-state index contributed by atoms with van der Waals surface area (Å²) in [5.41, 5.74) is 0.143. The summed E-state index contributed by atoms with van der Waals surface area (Å²) in [7, 11) is 2.33. The average Bonchev–Trinajstić information content (AvgIpc) is 3.03. The van der Waals surface area contributed by atoms with Crippen LogP contribution in [0.2, 0.25) is 0 Å². The fourth-order valence-electron chi connectivity index (χ4n) is 4.58. The second-order valence-corrected chi connectivity index (χ2v) is 8.41. The van der Waals surface area contributed by atoms with E-state index in [9.17, 15) is 27.6 Å². The van der Waals surface area contributed by atoms with Crippen molar-refractivity contribution in [1.82, 2.24) is 4.90 Å². The lowest BCUT2D eigenvalue weighted by molar-refractivity contribution is -0.159. The number of methoxy groups -OCH3 is 1. The largest absolute Gasteiger partial charge is 0.468 e. The first kappa shape index (κ1) is 25.7. The van der Waals surface area contributed by atoms with Gasteiger partial charge in [-0.2, -0.15) is 18.4 Å². The molecule has 2 aromatic rings. The summed E-state index contributed by atoms with van der Waals surface area (Å²) < 4.78 is 45.8. The molecule has 3 rings (SSSR count). The maximum Gasteiger partial charge on any atom is 0.417 e. The number of anilines is 1. The number of hydrogen-bond acceptors (Lipinski definition) is 6. The molecule has 0 saturated carbocycles. The van der Waals surface area contributed by atoms with Gasteiger partial charge in [-0.3, -0.25) is 4.79 Å². The Labute approximate surface area is 199 Å². The number of rotatable bonds is 5. The lowest BCUT2D eigenvalue weighted by Gasteiger charge is -2.47. The number of nitrogens with zero attached hydrogens (tertiary/aromatic N) is 3. The summed E-state index contributed by atoms with van der Waals surface area (Å²) in [4.78, 5) is 42.2. The SMILES string of the molecule is COC(=O)C(N)(C(C)C)C1(c2ccccc2)C(=O)N(c2ccc(C#N)c(C(F)(F)F)c2)C(=O)N1C. The smallest absolute Gasteiger partial charge is 0.417 e. The van der Waals surface area contributed by atoms with Gasteiger partial charge in [0.25, 0.3) is 5.91 Å². The molecule has 2 N–H and O–H groups in total. The van der Waals surface area contributed by atoms with E-state index in [4.69, 9.17) is 15.7 Å². The quantitative estimate of drug-likeness (QED) is 0.509. The molecule has 1 saturated heterocycles. The van der Waals surface area contributed by atoms with E-state index in [2.05, 4.69) is 0 Å². The predicted octanol–water partition coefficient (Wildman–Crippen LogP) is 3.40. The summed E-state index contributed by atoms with van der Waals surface area (Å²) in [5.74, 6) is -2.78. The van der Waals surface area contributed by atoms with Crippen LogP contribution in [-0.2, 0) is 26.0 Å². The molecule has 11 heteroatoms. The van der Waals surface area contributed by atoms with Gasteiger partial charge in [0, 0.05) is 7.05 Å². The Kier molecular flexibility index (Phi) is 6.39. The maximum absolute atomic E-state index is 14.2. The molecule has 0 radical (unpaired) electrons. The van der Waals surface area contributed by atoms with Crippen molar-refractivity contribution in [1.29, 1.82) is 5.26 Å². The number of halogens is 3. The molecule has 8 nitrogen and oxygen atoms in total. The molecule has 1 aliphatic rings. The molecule has 1 heterocycles. The number of alkyl halides is 3. The van der Waals surface area contributed by atoms with Crippen LogP contribution in [0.25, 0.3) is 0 Å². The number of nitriles is 1. The minimum absolute atomic E-state index is 0.176. The van der Waals surface area contributed by atoms with Crippen LogP contribution in [0.3, 0.4) is 0 Å². The fraction of sp³-hybridized carbons (Fsp3) is 0.333. The minimum Gasteiger partial charge on any atom is -0.468 e. The number of hydrogen-bond donors (Lipinski definition) is 1. The monoisotopic (exact) mass is 488 g/mol. The first-order valence-corrected chi connectivity index (χ1v) is 10.5. The van der Waals surface area contributed by atoms with Gasteiger partial charge in [-0.25, -0.2) is 14.5 Å². The van der Waals surface area contributed by atoms with E-state index in [1.54, 1.807) is 32.0 Å². The second-order valence-electron chi connectivity index (χ2n) is 8.41. The Morgan fingerprint density at radius 3 is 2.23 bits per heavy atom. The number of benzene rings is 2. The summed E-state index contributed by atoms with van der Waals surface area (Å²) in [6.45, 7) is 3.14. The van der Waals surface area contributed by atoms with Gasteiger partial charge in [0.05, 0.1) is 30.0 Å². The highest BCUT2D eigenvalue weighted by molar-refractivity contribution is 6.25. The van der Waals surface area contributed by atoms with Crippen LogP contribution < -0.4 is 10.6 Å². The van der Waals surface area contributed by atoms with Crippen molar-refractivity contribution in [2.45, 2.75) is 31.1 Å². The Morgan fingerprint density at radius 1 is 1.14 bits per heavy atom. The molecular formula is C24H23F3N4O4. The van der Waals surface area contributed by atoms with Crippen LogP contribution in [0.1, 0.15) is 30.5 Å². The lowest BCUT2D eigenvalue weighted by Crippen LogP contribution is -2.73. The van der Waals surface area contributed by atoms with E-state index in [0.717, 1.165) is 24.1 Å². The van der Waals surface area contributed by atoms with Crippen molar-refractivity contribution >= 4 is 23.6 Å². The van der Waals surface area contributed by atoms with Crippen molar-refractivity contribution in [2.75, 3.05) is 19.1 Å². The molecular weight excluding hydrogens is 465 g/mol. The topological polar surface area (TPSA) is 117 Å². The van der Waals surface area contributed by atoms with Gasteiger partial charge >= 0.3 is 18.2 Å². The van der Waals surface area contributed by atoms with Gasteiger partial charge in [-0.15, -0.1) is 0 Å². The van der Waals surface area contributed by atoms with Crippen molar-refractivity contribution in [3.8, 4) is 6.07 Å². The van der Waals surface area contributed by atoms with Crippen molar-refractivity contribution in [2.24, 2.45) is 11.7 Å². The Morgan fingerprint density at radius 2 is 1.74 bits per heavy atom. The highest BCUT2D eigenvalue weighted by Gasteiger charge is 2.71. The van der Waals surface area contributed by atoms with Crippen molar-refractivity contribution < 1.29 is 32.3 Å². The van der Waals surface area contributed by atoms with Crippen LogP contribution in [-0.4, -0.2) is 42.5 Å². The van der Waals surface area contributed by atoms with E-state index in [0.29, 0.717) is 11.0 Å². The molecule has 35 heavy (non-hydrogen) atoms. The zero-order valence-electron chi connectivity index (χ0n) is 19.4. The van der Waals surface area contributed by atoms with Gasteiger partial charge in [-0.05, 0) is 29.7 Å². The number of imide groups is 1. The van der Waals surface area contributed by atoms with Gasteiger partial charge in [0.2, 0.25) is 0 Å². The summed E-state index contributed by atoms with van der Waals surface area (Å²) in [6, 6.07) is 10.7. The summed E-state index contributed by atoms with van der Waals surface area (Å²) in [5, 5.41) is 9.10. The fourth-order valence-corrected chi connectivity index (χ4v) is 4.58. The van der Waals surface area contributed by atoms with Gasteiger partial charge in [-0.1, -0.05) is 44.2 Å². The highest BCUT2D eigenvalue weighted by atomic mass is 19.4. The number of amides is 3. The number of carbonyl (C=O) groups is 3. The summed E-state index contributed by atoms with van der Waals surface area (Å²) >= 11 is 0. The van der Waals surface area contributed by atoms with Crippen LogP contribution in [0, 0.1) is 17.2 Å². The average molecular weight is 488 g/mol. The molecule has 1 fully saturated rings. The number of urea groups is 1. The highest BCUT2D eigenvalue weighted by Crippen LogP contribution is 2.49. The molecule has 0 spiro atoms. The number of likely N-dealkylation sites (N-methyl/N-ethyl adjacent to an activating group) is 1. The first-order chi connectivity index (χ1) is 16.3. The Bertz CT molecular complexity index is 1230. The number of esters is 1. The number of nitrogens with two attached hydrogens (primary N) is 1. The van der Waals surface area contributed by atoms with E-state index < -0.39 is 57.9 Å².